The zero-order valence-electron chi connectivity index (χ0n) is 21.6. The van der Waals surface area contributed by atoms with E-state index < -0.39 is 0 Å². The number of ketones is 1. The maximum atomic E-state index is 13.8. The number of benzene rings is 4. The third kappa shape index (κ3) is 5.33. The van der Waals surface area contributed by atoms with Crippen LogP contribution in [0.15, 0.2) is 102 Å². The molecule has 1 aromatic heterocycles. The van der Waals surface area contributed by atoms with E-state index in [-0.39, 0.29) is 23.7 Å². The molecule has 194 valence electrons. The molecule has 0 radical (unpaired) electrons. The van der Waals surface area contributed by atoms with E-state index in [0.717, 1.165) is 12.1 Å². The molecular weight excluding hydrogens is 488 g/mol. The predicted octanol–water partition coefficient (Wildman–Crippen LogP) is 5.60. The standard InChI is InChI=1S/C32H28N4O3/c1-2-9-29-34-27-15-8-10-23(30(27)32(39)36(29)24-11-4-3-5-12-24)20-28(37)21-16-18-22(19-17-21)31(38)35-26-14-7-6-13-25(26)33/h3-8,10-19H,2,9,20,33H2,1H3,(H,35,38). The number of amides is 1. The average molecular weight is 517 g/mol. The number of para-hydroxylation sites is 3. The first kappa shape index (κ1) is 25.6. The number of nitrogens with two attached hydrogens (primary N) is 1. The van der Waals surface area contributed by atoms with E-state index in [4.69, 9.17) is 10.7 Å². The number of nitrogen functional groups attached to an aromatic ring is 1. The number of hydrogen-bond acceptors (Lipinski definition) is 5. The van der Waals surface area contributed by atoms with Gasteiger partial charge in [0.25, 0.3) is 11.5 Å². The topological polar surface area (TPSA) is 107 Å². The number of anilines is 2. The van der Waals surface area contributed by atoms with E-state index in [1.807, 2.05) is 49.4 Å². The van der Waals surface area contributed by atoms with Crippen LogP contribution in [0.4, 0.5) is 11.4 Å². The maximum Gasteiger partial charge on any atom is 0.266 e. The van der Waals surface area contributed by atoms with Crippen molar-refractivity contribution in [3.63, 3.8) is 0 Å². The molecule has 0 bridgehead atoms. The Morgan fingerprint density at radius 1 is 0.846 bits per heavy atom. The van der Waals surface area contributed by atoms with Gasteiger partial charge in [0, 0.05) is 24.0 Å². The summed E-state index contributed by atoms with van der Waals surface area (Å²) in [5, 5.41) is 3.22. The number of nitrogens with one attached hydrogen (secondary N) is 1. The number of nitrogens with zero attached hydrogens (tertiary/aromatic N) is 2. The second-order valence-electron chi connectivity index (χ2n) is 9.28. The Morgan fingerprint density at radius 3 is 2.26 bits per heavy atom. The van der Waals surface area contributed by atoms with Crippen molar-refractivity contribution < 1.29 is 9.59 Å². The van der Waals surface area contributed by atoms with Crippen molar-refractivity contribution in [3.8, 4) is 5.69 Å². The van der Waals surface area contributed by atoms with Crippen molar-refractivity contribution in [3.05, 3.63) is 130 Å². The summed E-state index contributed by atoms with van der Waals surface area (Å²) in [4.78, 5) is 44.5. The van der Waals surface area contributed by atoms with Gasteiger partial charge in [-0.05, 0) is 54.4 Å². The van der Waals surface area contributed by atoms with Gasteiger partial charge in [-0.2, -0.15) is 0 Å². The molecular formula is C32H28N4O3. The highest BCUT2D eigenvalue weighted by atomic mass is 16.2. The van der Waals surface area contributed by atoms with Gasteiger partial charge in [0.15, 0.2) is 5.78 Å². The van der Waals surface area contributed by atoms with Crippen LogP contribution in [0.2, 0.25) is 0 Å². The lowest BCUT2D eigenvalue weighted by Crippen LogP contribution is -2.25. The molecule has 7 heteroatoms. The minimum absolute atomic E-state index is 0.0300. The molecule has 7 nitrogen and oxygen atoms in total. The summed E-state index contributed by atoms with van der Waals surface area (Å²) >= 11 is 0. The average Bonchev–Trinajstić information content (AvgIpc) is 2.95. The Morgan fingerprint density at radius 2 is 1.54 bits per heavy atom. The summed E-state index contributed by atoms with van der Waals surface area (Å²) in [7, 11) is 0. The number of aryl methyl sites for hydroxylation is 1. The van der Waals surface area contributed by atoms with Crippen molar-refractivity contribution in [1.82, 2.24) is 9.55 Å². The van der Waals surface area contributed by atoms with Crippen LogP contribution in [0.25, 0.3) is 16.6 Å². The summed E-state index contributed by atoms with van der Waals surface area (Å²) in [5.74, 6) is 0.206. The molecule has 0 aliphatic rings. The fourth-order valence-corrected chi connectivity index (χ4v) is 4.61. The monoisotopic (exact) mass is 516 g/mol. The molecule has 0 aliphatic carbocycles. The van der Waals surface area contributed by atoms with Crippen LogP contribution < -0.4 is 16.6 Å². The largest absolute Gasteiger partial charge is 0.397 e. The van der Waals surface area contributed by atoms with Crippen LogP contribution in [-0.4, -0.2) is 21.2 Å². The fourth-order valence-electron chi connectivity index (χ4n) is 4.61. The first-order chi connectivity index (χ1) is 19.0. The summed E-state index contributed by atoms with van der Waals surface area (Å²) in [6.07, 6.45) is 1.53. The number of fused-ring (bicyclic) bond motifs is 1. The van der Waals surface area contributed by atoms with Gasteiger partial charge >= 0.3 is 0 Å². The van der Waals surface area contributed by atoms with Crippen molar-refractivity contribution in [2.45, 2.75) is 26.2 Å². The molecule has 0 atom stereocenters. The highest BCUT2D eigenvalue weighted by Gasteiger charge is 2.18. The number of hydrogen-bond donors (Lipinski definition) is 2. The Balaban J connectivity index is 1.44. The Hall–Kier alpha value is -5.04. The molecule has 1 heterocycles. The quantitative estimate of drug-likeness (QED) is 0.206. The Bertz CT molecular complexity index is 1730. The molecule has 0 saturated carbocycles. The van der Waals surface area contributed by atoms with E-state index >= 15 is 0 Å². The minimum atomic E-state index is -0.323. The number of carbonyl (C=O) groups excluding carboxylic acids is 2. The van der Waals surface area contributed by atoms with Gasteiger partial charge in [0.1, 0.15) is 5.82 Å². The molecule has 0 spiro atoms. The molecule has 3 N–H and O–H groups in total. The molecule has 0 fully saturated rings. The first-order valence-corrected chi connectivity index (χ1v) is 12.8. The normalized spacial score (nSPS) is 10.9. The Kier molecular flexibility index (Phi) is 7.32. The van der Waals surface area contributed by atoms with Gasteiger partial charge in [-0.15, -0.1) is 0 Å². The second-order valence-corrected chi connectivity index (χ2v) is 9.28. The number of aromatic nitrogens is 2. The Labute approximate surface area is 225 Å². The minimum Gasteiger partial charge on any atom is -0.397 e. The third-order valence-corrected chi connectivity index (χ3v) is 6.57. The van der Waals surface area contributed by atoms with Crippen molar-refractivity contribution in [2.75, 3.05) is 11.1 Å². The van der Waals surface area contributed by atoms with Gasteiger partial charge in [0.2, 0.25) is 0 Å². The smallest absolute Gasteiger partial charge is 0.266 e. The zero-order valence-corrected chi connectivity index (χ0v) is 21.6. The lowest BCUT2D eigenvalue weighted by Gasteiger charge is -2.15. The van der Waals surface area contributed by atoms with Crippen molar-refractivity contribution >= 4 is 34.0 Å². The summed E-state index contributed by atoms with van der Waals surface area (Å²) < 4.78 is 1.65. The number of carbonyl (C=O) groups is 2. The predicted molar refractivity (Wildman–Crippen MR) is 155 cm³/mol. The van der Waals surface area contributed by atoms with E-state index in [2.05, 4.69) is 5.32 Å². The van der Waals surface area contributed by atoms with Gasteiger partial charge < -0.3 is 11.1 Å². The number of rotatable bonds is 8. The van der Waals surface area contributed by atoms with Crippen molar-refractivity contribution in [1.29, 1.82) is 0 Å². The molecule has 0 aliphatic heterocycles. The van der Waals surface area contributed by atoms with Crippen LogP contribution in [0, 0.1) is 0 Å². The van der Waals surface area contributed by atoms with E-state index in [9.17, 15) is 14.4 Å². The molecule has 0 saturated heterocycles. The van der Waals surface area contributed by atoms with Gasteiger partial charge in [-0.25, -0.2) is 4.98 Å². The second kappa shape index (κ2) is 11.1. The van der Waals surface area contributed by atoms with E-state index in [1.165, 1.54) is 0 Å². The molecule has 1 amide bonds. The zero-order chi connectivity index (χ0) is 27.4. The summed E-state index contributed by atoms with van der Waals surface area (Å²) in [6.45, 7) is 2.05. The van der Waals surface area contributed by atoms with Gasteiger partial charge in [-0.3, -0.25) is 19.0 Å². The van der Waals surface area contributed by atoms with Crippen LogP contribution in [0.1, 0.15) is 45.4 Å². The van der Waals surface area contributed by atoms with Crippen LogP contribution in [0.5, 0.6) is 0 Å². The highest BCUT2D eigenvalue weighted by molar-refractivity contribution is 6.06. The van der Waals surface area contributed by atoms with Crippen LogP contribution in [0.3, 0.4) is 0 Å². The van der Waals surface area contributed by atoms with Crippen molar-refractivity contribution in [2.24, 2.45) is 0 Å². The first-order valence-electron chi connectivity index (χ1n) is 12.8. The molecule has 4 aromatic carbocycles. The summed E-state index contributed by atoms with van der Waals surface area (Å²) in [5.41, 5.74) is 9.50. The molecule has 5 rings (SSSR count). The highest BCUT2D eigenvalue weighted by Crippen LogP contribution is 2.21. The number of Topliss-reactive ketones (excluding diaryl/α,β-unsaturated/α-hetero) is 1. The lowest BCUT2D eigenvalue weighted by molar-refractivity contribution is 0.0989. The lowest BCUT2D eigenvalue weighted by atomic mass is 9.99. The third-order valence-electron chi connectivity index (χ3n) is 6.57. The molecule has 39 heavy (non-hydrogen) atoms. The summed E-state index contributed by atoms with van der Waals surface area (Å²) in [6, 6.07) is 28.3. The van der Waals surface area contributed by atoms with Crippen LogP contribution >= 0.6 is 0 Å². The SMILES string of the molecule is CCCc1nc2cccc(CC(=O)c3ccc(C(=O)Nc4ccccc4N)cc3)c2c(=O)n1-c1ccccc1. The fraction of sp³-hybridized carbons (Fsp3) is 0.125. The van der Waals surface area contributed by atoms with Crippen LogP contribution in [-0.2, 0) is 12.8 Å². The maximum absolute atomic E-state index is 13.8. The molecule has 5 aromatic rings. The molecule has 0 unspecified atom stereocenters. The van der Waals surface area contributed by atoms with Gasteiger partial charge in [-0.1, -0.05) is 61.5 Å². The van der Waals surface area contributed by atoms with E-state index in [0.29, 0.717) is 51.2 Å². The van der Waals surface area contributed by atoms with E-state index in [1.54, 1.807) is 59.2 Å². The van der Waals surface area contributed by atoms with Gasteiger partial charge in [0.05, 0.1) is 28.0 Å².